The second kappa shape index (κ2) is 17.8. The van der Waals surface area contributed by atoms with Crippen LogP contribution in [0.1, 0.15) is 26.7 Å². The van der Waals surface area contributed by atoms with E-state index in [4.69, 9.17) is 31.3 Å². The number of carbonyl (C=O) groups is 2. The van der Waals surface area contributed by atoms with Gasteiger partial charge in [0.2, 0.25) is 0 Å². The van der Waals surface area contributed by atoms with E-state index >= 15 is 0 Å². The zero-order valence-corrected chi connectivity index (χ0v) is 30.2. The van der Waals surface area contributed by atoms with E-state index in [0.29, 0.717) is 43.6 Å². The molecule has 0 rings (SSSR count). The average molecular weight is 623 g/mol. The summed E-state index contributed by atoms with van der Waals surface area (Å²) >= 11 is 0. The molecule has 0 saturated heterocycles. The van der Waals surface area contributed by atoms with Gasteiger partial charge in [-0.05, 0) is 85.1 Å². The van der Waals surface area contributed by atoms with Gasteiger partial charge in [-0.3, -0.25) is 0 Å². The first-order chi connectivity index (χ1) is 17.8. The molecule has 0 aromatic heterocycles. The quantitative estimate of drug-likeness (QED) is 0.0632. The Morgan fingerprint density at radius 1 is 0.564 bits per heavy atom. The number of ether oxygens (including phenoxy) is 4. The Balaban J connectivity index is 5.06. The Morgan fingerprint density at radius 2 is 0.949 bits per heavy atom. The molecule has 0 aliphatic rings. The first-order valence-electron chi connectivity index (χ1n) is 13.7. The summed E-state index contributed by atoms with van der Waals surface area (Å²) in [7, 11) is -9.16. The van der Waals surface area contributed by atoms with Crippen LogP contribution in [0.15, 0.2) is 24.3 Å². The van der Waals surface area contributed by atoms with Gasteiger partial charge in [0.05, 0.1) is 13.2 Å². The maximum Gasteiger partial charge on any atom is 0.469 e. The third-order valence-corrected chi connectivity index (χ3v) is 18.2. The summed E-state index contributed by atoms with van der Waals surface area (Å²) in [6.45, 7) is 29.9. The van der Waals surface area contributed by atoms with Crippen molar-refractivity contribution in [1.82, 2.24) is 0 Å². The van der Waals surface area contributed by atoms with Crippen molar-refractivity contribution in [2.75, 3.05) is 39.6 Å². The van der Waals surface area contributed by atoms with Crippen LogP contribution >= 0.6 is 0 Å². The van der Waals surface area contributed by atoms with E-state index in [1.165, 1.54) is 0 Å². The molecule has 0 fully saturated rings. The summed E-state index contributed by atoms with van der Waals surface area (Å²) in [5, 5.41) is 0. The van der Waals surface area contributed by atoms with Crippen LogP contribution in [0.3, 0.4) is 0 Å². The fourth-order valence-electron chi connectivity index (χ4n) is 3.45. The molecular formula is C26H54O9Si4. The predicted molar refractivity (Wildman–Crippen MR) is 165 cm³/mol. The molecule has 0 heterocycles. The van der Waals surface area contributed by atoms with Gasteiger partial charge in [-0.2, -0.15) is 0 Å². The summed E-state index contributed by atoms with van der Waals surface area (Å²) in [4.78, 5) is 23.0. The van der Waals surface area contributed by atoms with Gasteiger partial charge in [-0.25, -0.2) is 9.59 Å². The molecule has 0 unspecified atom stereocenters. The molecule has 0 atom stereocenters. The van der Waals surface area contributed by atoms with Crippen LogP contribution in [0.25, 0.3) is 0 Å². The van der Waals surface area contributed by atoms with Gasteiger partial charge < -0.3 is 31.3 Å². The maximum atomic E-state index is 11.5. The number of rotatable bonds is 22. The van der Waals surface area contributed by atoms with Crippen molar-refractivity contribution in [3.8, 4) is 0 Å². The topological polar surface area (TPSA) is 98.8 Å². The largest absolute Gasteiger partial charge is 0.469 e. The second-order valence-corrected chi connectivity index (χ2v) is 29.0. The van der Waals surface area contributed by atoms with Gasteiger partial charge in [0.15, 0.2) is 25.0 Å². The highest BCUT2D eigenvalue weighted by Gasteiger charge is 2.50. The number of esters is 2. The lowest BCUT2D eigenvalue weighted by atomic mass is 10.4. The standard InChI is InChI=1S/C26H54O9Si4/c1-23(2)25(27)31-19-17-29-15-13-21-38(11,12)35-39(33-36(5,6)7,34-37(8,9)10)22-14-16-30-18-20-32-26(28)24(3)4/h1,3,13-22H2,2,4-12H3. The van der Waals surface area contributed by atoms with Crippen molar-refractivity contribution in [1.29, 1.82) is 0 Å². The normalized spacial score (nSPS) is 12.8. The molecule has 0 bridgehead atoms. The lowest BCUT2D eigenvalue weighted by Gasteiger charge is -2.43. The monoisotopic (exact) mass is 622 g/mol. The molecule has 9 nitrogen and oxygen atoms in total. The maximum absolute atomic E-state index is 11.5. The van der Waals surface area contributed by atoms with Gasteiger partial charge in [-0.1, -0.05) is 13.2 Å². The van der Waals surface area contributed by atoms with Gasteiger partial charge in [0.1, 0.15) is 13.2 Å². The summed E-state index contributed by atoms with van der Waals surface area (Å²) in [6, 6.07) is 1.57. The Bertz CT molecular complexity index is 773. The van der Waals surface area contributed by atoms with Gasteiger partial charge in [0.25, 0.3) is 0 Å². The van der Waals surface area contributed by atoms with Crippen LogP contribution in [0.4, 0.5) is 0 Å². The van der Waals surface area contributed by atoms with Crippen molar-refractivity contribution < 1.29 is 40.9 Å². The van der Waals surface area contributed by atoms with Crippen molar-refractivity contribution in [3.05, 3.63) is 24.3 Å². The van der Waals surface area contributed by atoms with Crippen LogP contribution < -0.4 is 0 Å². The van der Waals surface area contributed by atoms with Crippen molar-refractivity contribution in [2.45, 2.75) is 91.2 Å². The molecule has 39 heavy (non-hydrogen) atoms. The third-order valence-electron chi connectivity index (χ3n) is 4.81. The molecule has 0 saturated carbocycles. The zero-order valence-electron chi connectivity index (χ0n) is 26.2. The van der Waals surface area contributed by atoms with Crippen molar-refractivity contribution in [2.24, 2.45) is 0 Å². The Labute approximate surface area is 241 Å². The molecule has 0 radical (unpaired) electrons. The van der Waals surface area contributed by atoms with E-state index in [1.807, 2.05) is 0 Å². The molecule has 0 aromatic carbocycles. The SMILES string of the molecule is C=C(C)C(=O)OCCOCCC[Si](C)(C)O[Si](CCCOCCOC(=O)C(=C)C)(O[Si](C)(C)C)O[Si](C)(C)C. The minimum absolute atomic E-state index is 0.194. The van der Waals surface area contributed by atoms with Gasteiger partial charge >= 0.3 is 20.7 Å². The fourth-order valence-corrected chi connectivity index (χ4v) is 19.1. The number of hydrogen-bond acceptors (Lipinski definition) is 9. The molecule has 0 aliphatic carbocycles. The summed E-state index contributed by atoms with van der Waals surface area (Å²) < 4.78 is 42.1. The van der Waals surface area contributed by atoms with E-state index in [2.05, 4.69) is 65.5 Å². The summed E-state index contributed by atoms with van der Waals surface area (Å²) in [5.41, 5.74) is 0.752. The highest BCUT2D eigenvalue weighted by Crippen LogP contribution is 2.31. The first-order valence-corrected chi connectivity index (χ1v) is 25.6. The Kier molecular flexibility index (Phi) is 17.4. The zero-order chi connectivity index (χ0) is 30.3. The highest BCUT2D eigenvalue weighted by atomic mass is 28.5. The average Bonchev–Trinajstić information content (AvgIpc) is 2.74. The third kappa shape index (κ3) is 20.6. The number of hydrogen-bond donors (Lipinski definition) is 0. The molecule has 228 valence electrons. The number of carbonyl (C=O) groups excluding carboxylic acids is 2. The van der Waals surface area contributed by atoms with Crippen LogP contribution in [0, 0.1) is 0 Å². The molecule has 0 spiro atoms. The lowest BCUT2D eigenvalue weighted by molar-refractivity contribution is -0.141. The van der Waals surface area contributed by atoms with E-state index in [9.17, 15) is 9.59 Å². The highest BCUT2D eigenvalue weighted by molar-refractivity contribution is 6.90. The van der Waals surface area contributed by atoms with E-state index in [1.54, 1.807) is 13.8 Å². The lowest BCUT2D eigenvalue weighted by Crippen LogP contribution is -2.61. The van der Waals surface area contributed by atoms with Crippen LogP contribution in [-0.4, -0.2) is 85.3 Å². The molecule has 13 heteroatoms. The Hall–Kier alpha value is -0.912. The fraction of sp³-hybridized carbons (Fsp3) is 0.769. The summed E-state index contributed by atoms with van der Waals surface area (Å²) in [5.74, 6) is -0.808. The van der Waals surface area contributed by atoms with Crippen LogP contribution in [0.5, 0.6) is 0 Å². The van der Waals surface area contributed by atoms with Crippen molar-refractivity contribution >= 4 is 45.7 Å². The van der Waals surface area contributed by atoms with Crippen LogP contribution in [0.2, 0.25) is 64.5 Å². The van der Waals surface area contributed by atoms with E-state index < -0.39 is 45.7 Å². The van der Waals surface area contributed by atoms with Gasteiger partial charge in [-0.15, -0.1) is 0 Å². The van der Waals surface area contributed by atoms with E-state index in [-0.39, 0.29) is 13.2 Å². The molecule has 0 N–H and O–H groups in total. The minimum Gasteiger partial charge on any atom is -0.460 e. The molecule has 0 aromatic rings. The molecule has 0 amide bonds. The van der Waals surface area contributed by atoms with Crippen LogP contribution in [-0.2, 0) is 40.9 Å². The first kappa shape index (κ1) is 38.1. The minimum atomic E-state index is -3.01. The molecule has 0 aliphatic heterocycles. The summed E-state index contributed by atoms with van der Waals surface area (Å²) in [6.07, 6.45) is 1.57. The Morgan fingerprint density at radius 3 is 1.31 bits per heavy atom. The predicted octanol–water partition coefficient (Wildman–Crippen LogP) is 5.90. The smallest absolute Gasteiger partial charge is 0.460 e. The second-order valence-electron chi connectivity index (χ2n) is 12.2. The van der Waals surface area contributed by atoms with Gasteiger partial charge in [0, 0.05) is 30.4 Å². The van der Waals surface area contributed by atoms with Crippen molar-refractivity contribution in [3.63, 3.8) is 0 Å². The molecular weight excluding hydrogens is 569 g/mol. The van der Waals surface area contributed by atoms with E-state index in [0.717, 1.165) is 18.9 Å².